The Bertz CT molecular complexity index is 431. The summed E-state index contributed by atoms with van der Waals surface area (Å²) in [6.45, 7) is 1.92. The summed E-state index contributed by atoms with van der Waals surface area (Å²) in [6, 6.07) is 3.71. The second kappa shape index (κ2) is 2.68. The zero-order valence-electron chi connectivity index (χ0n) is 6.53. The van der Waals surface area contributed by atoms with Crippen LogP contribution in [0.3, 0.4) is 0 Å². The topological polar surface area (TPSA) is 20.2 Å². The third-order valence-corrected chi connectivity index (χ3v) is 3.34. The van der Waals surface area contributed by atoms with Crippen molar-refractivity contribution in [1.82, 2.24) is 0 Å². The third-order valence-electron chi connectivity index (χ3n) is 1.94. The molecule has 0 fully saturated rings. The van der Waals surface area contributed by atoms with E-state index in [1.807, 2.05) is 18.4 Å². The predicted octanol–water partition coefficient (Wildman–Crippen LogP) is 3.20. The molecule has 12 heavy (non-hydrogen) atoms. The van der Waals surface area contributed by atoms with Crippen LogP contribution in [0.4, 0.5) is 0 Å². The first kappa shape index (κ1) is 7.95. The lowest BCUT2D eigenvalue weighted by Crippen LogP contribution is -1.76. The van der Waals surface area contributed by atoms with Crippen molar-refractivity contribution in [2.75, 3.05) is 0 Å². The van der Waals surface area contributed by atoms with Gasteiger partial charge in [-0.15, -0.1) is 24.0 Å². The number of thiophene rings is 1. The van der Waals surface area contributed by atoms with Crippen LogP contribution in [0.1, 0.15) is 5.56 Å². The number of phenols is 1. The highest BCUT2D eigenvalue weighted by Crippen LogP contribution is 2.34. The normalized spacial score (nSPS) is 10.8. The maximum atomic E-state index is 9.47. The maximum absolute atomic E-state index is 9.47. The molecule has 0 unspecified atom stereocenters. The van der Waals surface area contributed by atoms with E-state index in [9.17, 15) is 5.11 Å². The number of aryl methyl sites for hydroxylation is 1. The highest BCUT2D eigenvalue weighted by molar-refractivity contribution is 7.80. The fourth-order valence-electron chi connectivity index (χ4n) is 1.23. The summed E-state index contributed by atoms with van der Waals surface area (Å²) in [5.74, 6) is 0.329. The van der Waals surface area contributed by atoms with Crippen molar-refractivity contribution in [2.45, 2.75) is 11.8 Å². The van der Waals surface area contributed by atoms with Crippen LogP contribution in [0, 0.1) is 6.92 Å². The van der Waals surface area contributed by atoms with E-state index >= 15 is 0 Å². The lowest BCUT2D eigenvalue weighted by molar-refractivity contribution is 0.471. The van der Waals surface area contributed by atoms with Gasteiger partial charge in [-0.3, -0.25) is 0 Å². The minimum Gasteiger partial charge on any atom is -0.508 e. The van der Waals surface area contributed by atoms with Gasteiger partial charge in [0.25, 0.3) is 0 Å². The van der Waals surface area contributed by atoms with E-state index in [-0.39, 0.29) is 0 Å². The highest BCUT2D eigenvalue weighted by atomic mass is 32.1. The summed E-state index contributed by atoms with van der Waals surface area (Å²) in [4.78, 5) is 0.842. The van der Waals surface area contributed by atoms with Crippen LogP contribution >= 0.6 is 24.0 Å². The molecule has 0 saturated heterocycles. The summed E-state index contributed by atoms with van der Waals surface area (Å²) in [5.41, 5.74) is 0.942. The monoisotopic (exact) mass is 196 g/mol. The standard InChI is InChI=1S/C9H8OS2/c1-5-7(10)4-8(11)6-2-3-12-9(5)6/h2-4,10-11H,1H3. The fraction of sp³-hybridized carbons (Fsp3) is 0.111. The molecule has 2 rings (SSSR count). The van der Waals surface area contributed by atoms with E-state index in [1.165, 1.54) is 0 Å². The van der Waals surface area contributed by atoms with E-state index in [1.54, 1.807) is 17.4 Å². The van der Waals surface area contributed by atoms with Crippen molar-refractivity contribution in [1.29, 1.82) is 0 Å². The van der Waals surface area contributed by atoms with Crippen molar-refractivity contribution in [3.63, 3.8) is 0 Å². The molecule has 0 atom stereocenters. The fourth-order valence-corrected chi connectivity index (χ4v) is 2.54. The quantitative estimate of drug-likeness (QED) is 0.620. The lowest BCUT2D eigenvalue weighted by Gasteiger charge is -2.01. The molecular formula is C9H8OS2. The zero-order chi connectivity index (χ0) is 8.72. The van der Waals surface area contributed by atoms with Crippen molar-refractivity contribution in [3.05, 3.63) is 23.1 Å². The molecule has 0 bridgehead atoms. The van der Waals surface area contributed by atoms with E-state index in [2.05, 4.69) is 12.6 Å². The molecule has 0 aliphatic rings. The number of rotatable bonds is 0. The Morgan fingerprint density at radius 1 is 1.50 bits per heavy atom. The second-order valence-electron chi connectivity index (χ2n) is 2.70. The minimum absolute atomic E-state index is 0.329. The van der Waals surface area contributed by atoms with Gasteiger partial charge in [-0.2, -0.15) is 0 Å². The highest BCUT2D eigenvalue weighted by Gasteiger charge is 2.06. The molecule has 1 heterocycles. The van der Waals surface area contributed by atoms with Crippen molar-refractivity contribution in [3.8, 4) is 5.75 Å². The third kappa shape index (κ3) is 1.01. The van der Waals surface area contributed by atoms with Crippen LogP contribution in [-0.2, 0) is 0 Å². The first-order valence-electron chi connectivity index (χ1n) is 3.59. The van der Waals surface area contributed by atoms with E-state index in [4.69, 9.17) is 0 Å². The average Bonchev–Trinajstić information content (AvgIpc) is 2.48. The summed E-state index contributed by atoms with van der Waals surface area (Å²) in [5, 5.41) is 12.6. The number of phenolic OH excluding ortho intramolecular Hbond substituents is 1. The molecule has 0 radical (unpaired) electrons. The van der Waals surface area contributed by atoms with Gasteiger partial charge < -0.3 is 5.11 Å². The maximum Gasteiger partial charge on any atom is 0.121 e. The molecule has 1 aromatic carbocycles. The first-order valence-corrected chi connectivity index (χ1v) is 4.91. The Labute approximate surface area is 80.1 Å². The average molecular weight is 196 g/mol. The van der Waals surface area contributed by atoms with Crippen LogP contribution in [0.15, 0.2) is 22.4 Å². The summed E-state index contributed by atoms with van der Waals surface area (Å²) >= 11 is 5.91. The van der Waals surface area contributed by atoms with Gasteiger partial charge in [0.05, 0.1) is 0 Å². The Hall–Kier alpha value is -0.670. The Morgan fingerprint density at radius 2 is 2.25 bits per heavy atom. The molecule has 0 aliphatic heterocycles. The number of fused-ring (bicyclic) bond motifs is 1. The SMILES string of the molecule is Cc1c(O)cc(S)c2ccsc12. The Kier molecular flexibility index (Phi) is 1.77. The molecule has 62 valence electrons. The van der Waals surface area contributed by atoms with Crippen LogP contribution < -0.4 is 0 Å². The number of benzene rings is 1. The van der Waals surface area contributed by atoms with Crippen LogP contribution in [0.25, 0.3) is 10.1 Å². The van der Waals surface area contributed by atoms with Gasteiger partial charge >= 0.3 is 0 Å². The molecule has 1 aromatic heterocycles. The van der Waals surface area contributed by atoms with E-state index in [0.29, 0.717) is 5.75 Å². The number of hydrogen-bond acceptors (Lipinski definition) is 3. The second-order valence-corrected chi connectivity index (χ2v) is 4.10. The molecule has 0 spiro atoms. The molecule has 0 aliphatic carbocycles. The number of aromatic hydroxyl groups is 1. The van der Waals surface area contributed by atoms with Crippen molar-refractivity contribution >= 4 is 34.1 Å². The van der Waals surface area contributed by atoms with Crippen molar-refractivity contribution < 1.29 is 5.11 Å². The van der Waals surface area contributed by atoms with Gasteiger partial charge in [0.1, 0.15) is 5.75 Å². The number of hydrogen-bond donors (Lipinski definition) is 2. The van der Waals surface area contributed by atoms with Crippen LogP contribution in [0.5, 0.6) is 5.75 Å². The molecule has 2 aromatic rings. The largest absolute Gasteiger partial charge is 0.508 e. The Morgan fingerprint density at radius 3 is 3.00 bits per heavy atom. The molecule has 1 N–H and O–H groups in total. The first-order chi connectivity index (χ1) is 5.70. The van der Waals surface area contributed by atoms with Gasteiger partial charge in [-0.05, 0) is 24.4 Å². The molecule has 0 saturated carbocycles. The number of thiol groups is 1. The zero-order valence-corrected chi connectivity index (χ0v) is 8.25. The molecule has 3 heteroatoms. The van der Waals surface area contributed by atoms with Gasteiger partial charge in [0, 0.05) is 20.5 Å². The van der Waals surface area contributed by atoms with Gasteiger partial charge in [-0.1, -0.05) is 0 Å². The van der Waals surface area contributed by atoms with Crippen LogP contribution in [0.2, 0.25) is 0 Å². The Balaban J connectivity index is 2.97. The van der Waals surface area contributed by atoms with Gasteiger partial charge in [0.2, 0.25) is 0 Å². The molecular weight excluding hydrogens is 188 g/mol. The summed E-state index contributed by atoms with van der Waals surface area (Å²) < 4.78 is 1.13. The summed E-state index contributed by atoms with van der Waals surface area (Å²) in [7, 11) is 0. The smallest absolute Gasteiger partial charge is 0.121 e. The molecule has 1 nitrogen and oxygen atoms in total. The van der Waals surface area contributed by atoms with E-state index in [0.717, 1.165) is 20.5 Å². The van der Waals surface area contributed by atoms with Gasteiger partial charge in [0.15, 0.2) is 0 Å². The predicted molar refractivity (Wildman–Crippen MR) is 55.5 cm³/mol. The lowest BCUT2D eigenvalue weighted by atomic mass is 10.2. The van der Waals surface area contributed by atoms with Crippen molar-refractivity contribution in [2.24, 2.45) is 0 Å². The molecule has 0 amide bonds. The van der Waals surface area contributed by atoms with Gasteiger partial charge in [-0.25, -0.2) is 0 Å². The van der Waals surface area contributed by atoms with E-state index < -0.39 is 0 Å². The summed E-state index contributed by atoms with van der Waals surface area (Å²) in [6.07, 6.45) is 0. The minimum atomic E-state index is 0.329. The van der Waals surface area contributed by atoms with Crippen LogP contribution in [-0.4, -0.2) is 5.11 Å².